The molecule has 0 saturated carbocycles. The van der Waals surface area contributed by atoms with Gasteiger partial charge in [-0.25, -0.2) is 9.59 Å². The van der Waals surface area contributed by atoms with E-state index in [1.807, 2.05) is 36.4 Å². The molecule has 6 nitrogen and oxygen atoms in total. The van der Waals surface area contributed by atoms with Crippen molar-refractivity contribution in [1.29, 1.82) is 0 Å². The van der Waals surface area contributed by atoms with Crippen LogP contribution in [0.25, 0.3) is 11.1 Å². The third-order valence-electron chi connectivity index (χ3n) is 4.89. The first-order valence-corrected chi connectivity index (χ1v) is 9.03. The van der Waals surface area contributed by atoms with Gasteiger partial charge in [-0.05, 0) is 22.3 Å². The average molecular weight is 381 g/mol. The lowest BCUT2D eigenvalue weighted by molar-refractivity contribution is -0.144. The van der Waals surface area contributed by atoms with Gasteiger partial charge in [-0.1, -0.05) is 54.6 Å². The molecule has 0 bridgehead atoms. The number of likely N-dealkylation sites (N-methyl/N-ethyl adjacent to an activating group) is 1. The maximum absolute atomic E-state index is 12.5. The molecule has 1 atom stereocenters. The Morgan fingerprint density at radius 3 is 2.25 bits per heavy atom. The number of carboxylic acid groups (broad SMARTS) is 1. The topological polar surface area (TPSA) is 76.1 Å². The molecule has 1 N–H and O–H groups in total. The molecule has 1 aliphatic carbocycles. The zero-order valence-corrected chi connectivity index (χ0v) is 15.7. The van der Waals surface area contributed by atoms with Gasteiger partial charge in [0.25, 0.3) is 0 Å². The molecule has 0 fully saturated rings. The molecule has 3 rings (SSSR count). The summed E-state index contributed by atoms with van der Waals surface area (Å²) in [6, 6.07) is 14.9. The van der Waals surface area contributed by atoms with E-state index in [2.05, 4.69) is 18.7 Å². The number of fused-ring (bicyclic) bond motifs is 3. The van der Waals surface area contributed by atoms with Crippen molar-refractivity contribution in [3.63, 3.8) is 0 Å². The lowest BCUT2D eigenvalue weighted by Crippen LogP contribution is -2.45. The van der Waals surface area contributed by atoms with Crippen LogP contribution in [0, 0.1) is 0 Å². The molecule has 0 heterocycles. The predicted molar refractivity (Wildman–Crippen MR) is 105 cm³/mol. The fourth-order valence-electron chi connectivity index (χ4n) is 3.43. The van der Waals surface area contributed by atoms with E-state index in [9.17, 15) is 14.7 Å². The van der Waals surface area contributed by atoms with Crippen LogP contribution in [-0.2, 0) is 14.3 Å². The number of hydrogen-bond acceptors (Lipinski definition) is 4. The van der Waals surface area contributed by atoms with Crippen molar-refractivity contribution in [3.05, 3.63) is 72.3 Å². The van der Waals surface area contributed by atoms with Crippen LogP contribution in [0.5, 0.6) is 0 Å². The van der Waals surface area contributed by atoms with Gasteiger partial charge in [0.05, 0.1) is 13.2 Å². The molecule has 0 aromatic heterocycles. The van der Waals surface area contributed by atoms with Gasteiger partial charge in [0.1, 0.15) is 6.61 Å². The highest BCUT2D eigenvalue weighted by atomic mass is 16.6. The largest absolute Gasteiger partial charge is 0.480 e. The predicted octanol–water partition coefficient (Wildman–Crippen LogP) is 3.52. The van der Waals surface area contributed by atoms with Crippen molar-refractivity contribution in [2.24, 2.45) is 0 Å². The number of hydrogen-bond donors (Lipinski definition) is 1. The summed E-state index contributed by atoms with van der Waals surface area (Å²) < 4.78 is 10.7. The minimum Gasteiger partial charge on any atom is -0.480 e. The van der Waals surface area contributed by atoms with Gasteiger partial charge in [0, 0.05) is 13.0 Å². The Hall–Kier alpha value is -3.12. The maximum Gasteiger partial charge on any atom is 0.410 e. The van der Waals surface area contributed by atoms with Crippen LogP contribution in [0.4, 0.5) is 4.79 Å². The Kier molecular flexibility index (Phi) is 6.11. The van der Waals surface area contributed by atoms with E-state index in [0.717, 1.165) is 27.2 Å². The van der Waals surface area contributed by atoms with Gasteiger partial charge in [-0.3, -0.25) is 4.90 Å². The maximum atomic E-state index is 12.5. The fourth-order valence-corrected chi connectivity index (χ4v) is 3.43. The summed E-state index contributed by atoms with van der Waals surface area (Å²) in [5.41, 5.74) is 4.47. The summed E-state index contributed by atoms with van der Waals surface area (Å²) in [7, 11) is 1.40. The molecule has 0 aliphatic heterocycles. The fraction of sp³-hybridized carbons (Fsp3) is 0.273. The molecular formula is C22H23NO5. The van der Waals surface area contributed by atoms with Gasteiger partial charge in [-0.15, -0.1) is 6.58 Å². The number of benzene rings is 2. The summed E-state index contributed by atoms with van der Waals surface area (Å²) in [5.74, 6) is -1.23. The molecular weight excluding hydrogens is 358 g/mol. The molecule has 28 heavy (non-hydrogen) atoms. The number of carbonyl (C=O) groups is 2. The smallest absolute Gasteiger partial charge is 0.410 e. The van der Waals surface area contributed by atoms with Crippen molar-refractivity contribution in [3.8, 4) is 11.1 Å². The van der Waals surface area contributed by atoms with Crippen LogP contribution in [0.2, 0.25) is 0 Å². The Morgan fingerprint density at radius 2 is 1.71 bits per heavy atom. The Bertz CT molecular complexity index is 833. The molecule has 0 radical (unpaired) electrons. The number of rotatable bonds is 8. The monoisotopic (exact) mass is 381 g/mol. The second kappa shape index (κ2) is 8.71. The van der Waals surface area contributed by atoms with E-state index in [0.29, 0.717) is 0 Å². The zero-order valence-electron chi connectivity index (χ0n) is 15.7. The third kappa shape index (κ3) is 3.92. The van der Waals surface area contributed by atoms with Crippen molar-refractivity contribution in [1.82, 2.24) is 4.90 Å². The quantitative estimate of drug-likeness (QED) is 0.559. The normalized spacial score (nSPS) is 13.3. The molecule has 2 aromatic carbocycles. The van der Waals surface area contributed by atoms with Crippen LogP contribution in [0.3, 0.4) is 0 Å². The van der Waals surface area contributed by atoms with Crippen molar-refractivity contribution in [2.45, 2.75) is 12.0 Å². The number of nitrogens with zero attached hydrogens (tertiary/aromatic N) is 1. The van der Waals surface area contributed by atoms with Gasteiger partial charge in [0.2, 0.25) is 0 Å². The molecule has 2 aromatic rings. The zero-order chi connectivity index (χ0) is 20.1. The van der Waals surface area contributed by atoms with E-state index in [4.69, 9.17) is 9.47 Å². The van der Waals surface area contributed by atoms with Crippen molar-refractivity contribution < 1.29 is 24.2 Å². The first kappa shape index (κ1) is 19.6. The van der Waals surface area contributed by atoms with Crippen LogP contribution >= 0.6 is 0 Å². The van der Waals surface area contributed by atoms with Gasteiger partial charge < -0.3 is 14.6 Å². The highest BCUT2D eigenvalue weighted by Crippen LogP contribution is 2.44. The van der Waals surface area contributed by atoms with E-state index in [1.54, 1.807) is 0 Å². The molecule has 6 heteroatoms. The second-order valence-electron chi connectivity index (χ2n) is 6.60. The van der Waals surface area contributed by atoms with E-state index in [1.165, 1.54) is 13.1 Å². The number of aliphatic carboxylic acids is 1. The van der Waals surface area contributed by atoms with Crippen LogP contribution in [-0.4, -0.2) is 55.0 Å². The summed E-state index contributed by atoms with van der Waals surface area (Å²) in [5, 5.41) is 9.38. The van der Waals surface area contributed by atoms with E-state index < -0.39 is 18.1 Å². The molecule has 0 spiro atoms. The number of amides is 1. The third-order valence-corrected chi connectivity index (χ3v) is 4.89. The molecule has 1 amide bonds. The molecule has 0 unspecified atom stereocenters. The van der Waals surface area contributed by atoms with Crippen molar-refractivity contribution >= 4 is 12.1 Å². The number of carboxylic acids is 1. The Labute approximate surface area is 164 Å². The number of ether oxygens (including phenoxy) is 2. The first-order valence-electron chi connectivity index (χ1n) is 9.03. The standard InChI is InChI=1S/C22H23NO5/c1-3-12-27-14-20(21(24)25)23(2)22(26)28-13-19-17-10-6-4-8-15(17)16-9-5-7-11-18(16)19/h3-11,19-20H,1,12-14H2,2H3,(H,24,25)/t20-/m0/s1. The molecule has 146 valence electrons. The van der Waals surface area contributed by atoms with Gasteiger partial charge >= 0.3 is 12.1 Å². The lowest BCUT2D eigenvalue weighted by Gasteiger charge is -2.25. The summed E-state index contributed by atoms with van der Waals surface area (Å²) in [4.78, 5) is 25.0. The molecule has 0 saturated heterocycles. The van der Waals surface area contributed by atoms with Crippen molar-refractivity contribution in [2.75, 3.05) is 26.9 Å². The minimum atomic E-state index is -1.15. The highest BCUT2D eigenvalue weighted by Gasteiger charge is 2.31. The van der Waals surface area contributed by atoms with E-state index >= 15 is 0 Å². The SMILES string of the molecule is C=CCOC[C@@H](C(=O)O)N(C)C(=O)OCC1c2ccccc2-c2ccccc21. The van der Waals surface area contributed by atoms with Crippen LogP contribution in [0.1, 0.15) is 17.0 Å². The number of carbonyl (C=O) groups excluding carboxylic acids is 1. The average Bonchev–Trinajstić information content (AvgIpc) is 3.02. The summed E-state index contributed by atoms with van der Waals surface area (Å²) in [6.45, 7) is 3.72. The Morgan fingerprint density at radius 1 is 1.14 bits per heavy atom. The van der Waals surface area contributed by atoms with Gasteiger partial charge in [0.15, 0.2) is 6.04 Å². The Balaban J connectivity index is 1.70. The second-order valence-corrected chi connectivity index (χ2v) is 6.60. The highest BCUT2D eigenvalue weighted by molar-refractivity contribution is 5.81. The van der Waals surface area contributed by atoms with Crippen LogP contribution < -0.4 is 0 Å². The summed E-state index contributed by atoms with van der Waals surface area (Å²) >= 11 is 0. The minimum absolute atomic E-state index is 0.0787. The lowest BCUT2D eigenvalue weighted by atomic mass is 9.98. The van der Waals surface area contributed by atoms with Gasteiger partial charge in [-0.2, -0.15) is 0 Å². The van der Waals surface area contributed by atoms with Crippen LogP contribution in [0.15, 0.2) is 61.2 Å². The molecule has 1 aliphatic rings. The first-order chi connectivity index (χ1) is 13.5. The summed E-state index contributed by atoms with van der Waals surface area (Å²) in [6.07, 6.45) is 0.822. The van der Waals surface area contributed by atoms with E-state index in [-0.39, 0.29) is 25.7 Å².